The van der Waals surface area contributed by atoms with E-state index >= 15 is 0 Å². The van der Waals surface area contributed by atoms with Crippen LogP contribution in [0.2, 0.25) is 0 Å². The Balaban J connectivity index is 2.20. The topological polar surface area (TPSA) is 0 Å². The molecular weight excluding hydrogens is 116 g/mol. The molecule has 1 saturated carbocycles. The highest BCUT2D eigenvalue weighted by Gasteiger charge is 2.23. The molecule has 0 aromatic carbocycles. The van der Waals surface area contributed by atoms with Gasteiger partial charge >= 0.3 is 0 Å². The van der Waals surface area contributed by atoms with Gasteiger partial charge in [-0.3, -0.25) is 0 Å². The minimum atomic E-state index is 1.000. The van der Waals surface area contributed by atoms with E-state index < -0.39 is 0 Å². The molecule has 0 N–H and O–H groups in total. The molecule has 0 spiro atoms. The predicted molar refractivity (Wildman–Crippen MR) is 37.9 cm³/mol. The van der Waals surface area contributed by atoms with Crippen LogP contribution in [0.3, 0.4) is 0 Å². The molecule has 0 saturated heterocycles. The molecule has 0 radical (unpaired) electrons. The van der Waals surface area contributed by atoms with Crippen LogP contribution in [0.1, 0.15) is 19.3 Å². The van der Waals surface area contributed by atoms with E-state index in [1.54, 1.807) is 5.57 Å². The second-order valence-electron chi connectivity index (χ2n) is 2.62. The van der Waals surface area contributed by atoms with Crippen LogP contribution < -0.4 is 0 Å². The van der Waals surface area contributed by atoms with Crippen molar-refractivity contribution in [1.82, 2.24) is 0 Å². The molecule has 44 valence electrons. The van der Waals surface area contributed by atoms with Gasteiger partial charge in [0.15, 0.2) is 0 Å². The molecule has 1 heteroatoms. The Labute approximate surface area is 54.4 Å². The zero-order chi connectivity index (χ0) is 5.40. The predicted octanol–water partition coefficient (Wildman–Crippen LogP) is 2.42. The largest absolute Gasteiger partial charge is 0.134 e. The van der Waals surface area contributed by atoms with Crippen molar-refractivity contribution in [3.8, 4) is 0 Å². The lowest BCUT2D eigenvalue weighted by atomic mass is 10.1. The van der Waals surface area contributed by atoms with Gasteiger partial charge in [-0.05, 0) is 30.6 Å². The highest BCUT2D eigenvalue weighted by molar-refractivity contribution is 8.02. The van der Waals surface area contributed by atoms with E-state index in [2.05, 4.69) is 5.41 Å². The number of fused-ring (bicyclic) bond motifs is 1. The third kappa shape index (κ3) is 0.609. The maximum atomic E-state index is 2.37. The summed E-state index contributed by atoms with van der Waals surface area (Å²) in [4.78, 5) is 0. The first kappa shape index (κ1) is 4.92. The van der Waals surface area contributed by atoms with Crippen molar-refractivity contribution >= 4 is 11.8 Å². The van der Waals surface area contributed by atoms with Gasteiger partial charge in [0.05, 0.1) is 0 Å². The molecule has 1 atom stereocenters. The van der Waals surface area contributed by atoms with Crippen LogP contribution in [0.5, 0.6) is 0 Å². The lowest BCUT2D eigenvalue weighted by Gasteiger charge is -1.98. The summed E-state index contributed by atoms with van der Waals surface area (Å²) in [5.74, 6) is 2.38. The van der Waals surface area contributed by atoms with Crippen LogP contribution in [0.15, 0.2) is 11.0 Å². The Hall–Kier alpha value is 0.0900. The summed E-state index contributed by atoms with van der Waals surface area (Å²) in [6, 6.07) is 0. The Kier molecular flexibility index (Phi) is 1.11. The number of rotatable bonds is 0. The summed E-state index contributed by atoms with van der Waals surface area (Å²) in [7, 11) is 0. The number of allylic oxidation sites excluding steroid dienone is 1. The third-order valence-corrected chi connectivity index (χ3v) is 3.14. The fraction of sp³-hybridized carbons (Fsp3) is 0.714. The van der Waals surface area contributed by atoms with Gasteiger partial charge in [0.2, 0.25) is 0 Å². The standard InChI is InChI=1S/C7H10S/c1-2-6-4-8-5-7(6)3-1/h4,7H,1-3,5H2. The van der Waals surface area contributed by atoms with Crippen LogP contribution in [-0.2, 0) is 0 Å². The van der Waals surface area contributed by atoms with Crippen LogP contribution in [0, 0.1) is 5.92 Å². The number of hydrogen-bond donors (Lipinski definition) is 0. The van der Waals surface area contributed by atoms with Gasteiger partial charge in [-0.1, -0.05) is 5.57 Å². The Morgan fingerprint density at radius 3 is 3.50 bits per heavy atom. The van der Waals surface area contributed by atoms with Crippen molar-refractivity contribution < 1.29 is 0 Å². The average molecular weight is 126 g/mol. The van der Waals surface area contributed by atoms with Gasteiger partial charge in [0.25, 0.3) is 0 Å². The molecule has 8 heavy (non-hydrogen) atoms. The zero-order valence-corrected chi connectivity index (χ0v) is 5.71. The molecule has 1 fully saturated rings. The van der Waals surface area contributed by atoms with Crippen molar-refractivity contribution in [2.24, 2.45) is 5.92 Å². The summed E-state index contributed by atoms with van der Waals surface area (Å²) in [6.45, 7) is 0. The van der Waals surface area contributed by atoms with Crippen LogP contribution in [0.4, 0.5) is 0 Å². The monoisotopic (exact) mass is 126 g/mol. The van der Waals surface area contributed by atoms with Crippen molar-refractivity contribution in [3.63, 3.8) is 0 Å². The molecule has 0 aromatic heterocycles. The highest BCUT2D eigenvalue weighted by atomic mass is 32.2. The lowest BCUT2D eigenvalue weighted by molar-refractivity contribution is 0.714. The second kappa shape index (κ2) is 1.80. The summed E-state index contributed by atoms with van der Waals surface area (Å²) in [5, 5.41) is 2.37. The van der Waals surface area contributed by atoms with Gasteiger partial charge in [0.1, 0.15) is 0 Å². The molecule has 1 aliphatic heterocycles. The third-order valence-electron chi connectivity index (χ3n) is 2.07. The van der Waals surface area contributed by atoms with E-state index in [0.717, 1.165) is 5.92 Å². The molecule has 2 rings (SSSR count). The average Bonchev–Trinajstić information content (AvgIpc) is 2.15. The van der Waals surface area contributed by atoms with Gasteiger partial charge in [-0.2, -0.15) is 0 Å². The molecule has 2 aliphatic rings. The van der Waals surface area contributed by atoms with E-state index in [9.17, 15) is 0 Å². The summed E-state index contributed by atoms with van der Waals surface area (Å²) >= 11 is 2.00. The van der Waals surface area contributed by atoms with Gasteiger partial charge < -0.3 is 0 Å². The van der Waals surface area contributed by atoms with Crippen molar-refractivity contribution in [2.45, 2.75) is 19.3 Å². The Bertz CT molecular complexity index is 126. The Morgan fingerprint density at radius 2 is 2.62 bits per heavy atom. The first-order chi connectivity index (χ1) is 3.97. The summed E-state index contributed by atoms with van der Waals surface area (Å²) < 4.78 is 0. The van der Waals surface area contributed by atoms with E-state index in [4.69, 9.17) is 0 Å². The molecular formula is C7H10S. The van der Waals surface area contributed by atoms with Crippen molar-refractivity contribution in [3.05, 3.63) is 11.0 Å². The fourth-order valence-corrected chi connectivity index (χ4v) is 2.79. The van der Waals surface area contributed by atoms with Gasteiger partial charge in [-0.15, -0.1) is 11.8 Å². The fourth-order valence-electron chi connectivity index (χ4n) is 1.56. The Morgan fingerprint density at radius 1 is 1.62 bits per heavy atom. The highest BCUT2D eigenvalue weighted by Crippen LogP contribution is 2.40. The van der Waals surface area contributed by atoms with E-state index in [1.165, 1.54) is 25.0 Å². The number of hydrogen-bond acceptors (Lipinski definition) is 1. The normalized spacial score (nSPS) is 35.0. The molecule has 1 unspecified atom stereocenters. The summed E-state index contributed by atoms with van der Waals surface area (Å²) in [5.41, 5.74) is 1.75. The van der Waals surface area contributed by atoms with Crippen LogP contribution >= 0.6 is 11.8 Å². The van der Waals surface area contributed by atoms with Gasteiger partial charge in [0, 0.05) is 5.75 Å². The lowest BCUT2D eigenvalue weighted by Crippen LogP contribution is -1.92. The summed E-state index contributed by atoms with van der Waals surface area (Å²) in [6.07, 6.45) is 4.33. The molecule has 1 aliphatic carbocycles. The minimum absolute atomic E-state index is 1.000. The molecule has 0 bridgehead atoms. The molecule has 0 nitrogen and oxygen atoms in total. The smallest absolute Gasteiger partial charge is 0.00400 e. The van der Waals surface area contributed by atoms with Crippen LogP contribution in [0.25, 0.3) is 0 Å². The van der Waals surface area contributed by atoms with E-state index in [0.29, 0.717) is 0 Å². The zero-order valence-electron chi connectivity index (χ0n) is 4.89. The molecule has 1 heterocycles. The molecule has 0 aromatic rings. The minimum Gasteiger partial charge on any atom is -0.134 e. The quantitative estimate of drug-likeness (QED) is 0.480. The van der Waals surface area contributed by atoms with Crippen LogP contribution in [-0.4, -0.2) is 5.75 Å². The maximum absolute atomic E-state index is 2.37. The van der Waals surface area contributed by atoms with E-state index in [1.807, 2.05) is 11.8 Å². The first-order valence-corrected chi connectivity index (χ1v) is 4.32. The second-order valence-corrected chi connectivity index (χ2v) is 3.52. The molecule has 0 amide bonds. The SMILES string of the molecule is C1=C2CCCC2CS1. The van der Waals surface area contributed by atoms with E-state index in [-0.39, 0.29) is 0 Å². The number of thioether (sulfide) groups is 1. The first-order valence-electron chi connectivity index (χ1n) is 3.27. The van der Waals surface area contributed by atoms with Crippen molar-refractivity contribution in [2.75, 3.05) is 5.75 Å². The van der Waals surface area contributed by atoms with Crippen molar-refractivity contribution in [1.29, 1.82) is 0 Å². The van der Waals surface area contributed by atoms with Gasteiger partial charge in [-0.25, -0.2) is 0 Å². The maximum Gasteiger partial charge on any atom is 0.00400 e.